The molecule has 0 radical (unpaired) electrons. The predicted octanol–water partition coefficient (Wildman–Crippen LogP) is 5.53. The molecule has 1 aliphatic rings. The Morgan fingerprint density at radius 3 is 2.33 bits per heavy atom. The molecule has 200 valence electrons. The van der Waals surface area contributed by atoms with Gasteiger partial charge in [-0.25, -0.2) is 4.98 Å². The fourth-order valence-electron chi connectivity index (χ4n) is 4.84. The Labute approximate surface area is 236 Å². The van der Waals surface area contributed by atoms with E-state index in [1.807, 2.05) is 47.4 Å². The third-order valence-corrected chi connectivity index (χ3v) is 8.20. The zero-order valence-electron chi connectivity index (χ0n) is 22.1. The van der Waals surface area contributed by atoms with E-state index in [1.165, 1.54) is 11.1 Å². The Hall–Kier alpha value is -4.63. The number of thiophene rings is 1. The number of anilines is 2. The lowest BCUT2D eigenvalue weighted by atomic mass is 10.0. The van der Waals surface area contributed by atoms with Crippen LogP contribution in [-0.2, 0) is 6.42 Å². The molecule has 1 fully saturated rings. The van der Waals surface area contributed by atoms with E-state index < -0.39 is 0 Å². The van der Waals surface area contributed by atoms with E-state index in [0.29, 0.717) is 37.3 Å². The Balaban J connectivity index is 1.19. The number of hydrogen-bond acceptors (Lipinski definition) is 7. The van der Waals surface area contributed by atoms with E-state index in [2.05, 4.69) is 45.3 Å². The molecule has 1 N–H and O–H groups in total. The van der Waals surface area contributed by atoms with Gasteiger partial charge in [0.1, 0.15) is 10.6 Å². The van der Waals surface area contributed by atoms with Crippen LogP contribution < -0.4 is 10.2 Å². The SMILES string of the molecule is CCc1cc2c(N3CCN(C(=O)c4ccc(-c5ccccc5)cc4)CC3)nc(NC(=O)c3cccnc3)nc2s1. The molecule has 3 aromatic heterocycles. The summed E-state index contributed by atoms with van der Waals surface area (Å²) in [6, 6.07) is 23.5. The number of pyridine rings is 1. The molecule has 0 unspecified atom stereocenters. The van der Waals surface area contributed by atoms with Crippen LogP contribution in [-0.4, -0.2) is 57.8 Å². The number of hydrogen-bond donors (Lipinski definition) is 1. The molecule has 9 heteroatoms. The molecule has 1 saturated heterocycles. The minimum absolute atomic E-state index is 0.0281. The highest BCUT2D eigenvalue weighted by Gasteiger charge is 2.25. The molecule has 0 aliphatic carbocycles. The van der Waals surface area contributed by atoms with Crippen molar-refractivity contribution in [3.8, 4) is 11.1 Å². The van der Waals surface area contributed by atoms with Gasteiger partial charge in [0.25, 0.3) is 11.8 Å². The molecule has 4 heterocycles. The van der Waals surface area contributed by atoms with Gasteiger partial charge in [-0.15, -0.1) is 11.3 Å². The molecule has 2 amide bonds. The largest absolute Gasteiger partial charge is 0.352 e. The van der Waals surface area contributed by atoms with Crippen LogP contribution in [0, 0.1) is 0 Å². The minimum Gasteiger partial charge on any atom is -0.352 e. The summed E-state index contributed by atoms with van der Waals surface area (Å²) >= 11 is 1.61. The summed E-state index contributed by atoms with van der Waals surface area (Å²) in [6.07, 6.45) is 4.03. The third kappa shape index (κ3) is 5.28. The van der Waals surface area contributed by atoms with Gasteiger partial charge >= 0.3 is 0 Å². The quantitative estimate of drug-likeness (QED) is 0.300. The van der Waals surface area contributed by atoms with Gasteiger partial charge in [-0.1, -0.05) is 49.4 Å². The monoisotopic (exact) mass is 548 g/mol. The van der Waals surface area contributed by atoms with Crippen molar-refractivity contribution in [3.63, 3.8) is 0 Å². The lowest BCUT2D eigenvalue weighted by molar-refractivity contribution is 0.0746. The molecule has 0 bridgehead atoms. The highest BCUT2D eigenvalue weighted by molar-refractivity contribution is 7.18. The minimum atomic E-state index is -0.306. The molecule has 2 aromatic carbocycles. The van der Waals surface area contributed by atoms with Crippen molar-refractivity contribution in [2.75, 3.05) is 36.4 Å². The Morgan fingerprint density at radius 2 is 1.62 bits per heavy atom. The second-order valence-corrected chi connectivity index (χ2v) is 10.7. The number of nitrogens with one attached hydrogen (secondary N) is 1. The van der Waals surface area contributed by atoms with Gasteiger partial charge in [0.15, 0.2) is 0 Å². The smallest absolute Gasteiger partial charge is 0.259 e. The third-order valence-electron chi connectivity index (χ3n) is 7.03. The molecule has 5 aromatic rings. The summed E-state index contributed by atoms with van der Waals surface area (Å²) in [4.78, 5) is 45.6. The van der Waals surface area contributed by atoms with E-state index in [-0.39, 0.29) is 17.8 Å². The summed E-state index contributed by atoms with van der Waals surface area (Å²) in [5.41, 5.74) is 3.34. The highest BCUT2D eigenvalue weighted by atomic mass is 32.1. The van der Waals surface area contributed by atoms with Gasteiger partial charge in [0.2, 0.25) is 5.95 Å². The van der Waals surface area contributed by atoms with Gasteiger partial charge in [0.05, 0.1) is 10.9 Å². The van der Waals surface area contributed by atoms with Crippen LogP contribution in [0.15, 0.2) is 85.2 Å². The normalized spacial score (nSPS) is 13.4. The highest BCUT2D eigenvalue weighted by Crippen LogP contribution is 2.33. The second kappa shape index (κ2) is 11.2. The summed E-state index contributed by atoms with van der Waals surface area (Å²) in [6.45, 7) is 4.53. The summed E-state index contributed by atoms with van der Waals surface area (Å²) in [5.74, 6) is 0.763. The van der Waals surface area contributed by atoms with Crippen molar-refractivity contribution in [1.82, 2.24) is 19.9 Å². The molecule has 40 heavy (non-hydrogen) atoms. The average molecular weight is 549 g/mol. The molecule has 0 spiro atoms. The zero-order valence-corrected chi connectivity index (χ0v) is 22.9. The van der Waals surface area contributed by atoms with Crippen molar-refractivity contribution in [2.45, 2.75) is 13.3 Å². The Morgan fingerprint density at radius 1 is 0.875 bits per heavy atom. The summed E-state index contributed by atoms with van der Waals surface area (Å²) in [5, 5.41) is 3.81. The van der Waals surface area contributed by atoms with Crippen LogP contribution in [0.3, 0.4) is 0 Å². The molecule has 8 nitrogen and oxygen atoms in total. The van der Waals surface area contributed by atoms with Gasteiger partial charge in [0, 0.05) is 49.0 Å². The molecular weight excluding hydrogens is 520 g/mol. The van der Waals surface area contributed by atoms with Gasteiger partial charge in [-0.2, -0.15) is 4.98 Å². The van der Waals surface area contributed by atoms with Crippen LogP contribution in [0.25, 0.3) is 21.3 Å². The number of fused-ring (bicyclic) bond motifs is 1. The first-order chi connectivity index (χ1) is 19.6. The summed E-state index contributed by atoms with van der Waals surface area (Å²) in [7, 11) is 0. The van der Waals surface area contributed by atoms with Crippen LogP contribution in [0.4, 0.5) is 11.8 Å². The topological polar surface area (TPSA) is 91.3 Å². The van der Waals surface area contributed by atoms with Crippen LogP contribution in [0.1, 0.15) is 32.5 Å². The van der Waals surface area contributed by atoms with Crippen LogP contribution in [0.5, 0.6) is 0 Å². The first kappa shape index (κ1) is 25.6. The lowest BCUT2D eigenvalue weighted by Crippen LogP contribution is -2.49. The Kier molecular flexibility index (Phi) is 7.20. The molecule has 0 saturated carbocycles. The first-order valence-electron chi connectivity index (χ1n) is 13.3. The van der Waals surface area contributed by atoms with E-state index in [1.54, 1.807) is 29.7 Å². The molecule has 0 atom stereocenters. The fraction of sp³-hybridized carbons (Fsp3) is 0.194. The van der Waals surface area contributed by atoms with Crippen LogP contribution >= 0.6 is 11.3 Å². The fourth-order valence-corrected chi connectivity index (χ4v) is 5.80. The maximum absolute atomic E-state index is 13.3. The summed E-state index contributed by atoms with van der Waals surface area (Å²) < 4.78 is 0. The molecule has 1 aliphatic heterocycles. The predicted molar refractivity (Wildman–Crippen MR) is 159 cm³/mol. The molecule has 6 rings (SSSR count). The van der Waals surface area contributed by atoms with Crippen molar-refractivity contribution >= 4 is 45.1 Å². The number of rotatable bonds is 6. The van der Waals surface area contributed by atoms with Gasteiger partial charge in [-0.3, -0.25) is 19.9 Å². The van der Waals surface area contributed by atoms with Crippen molar-refractivity contribution in [1.29, 1.82) is 0 Å². The maximum atomic E-state index is 13.3. The first-order valence-corrected chi connectivity index (χ1v) is 14.1. The number of carbonyl (C=O) groups is 2. The second-order valence-electron chi connectivity index (χ2n) is 9.57. The number of benzene rings is 2. The van der Waals surface area contributed by atoms with E-state index in [9.17, 15) is 9.59 Å². The van der Waals surface area contributed by atoms with E-state index in [4.69, 9.17) is 4.98 Å². The molecular formula is C31H28N6O2S. The number of amides is 2. The number of carbonyl (C=O) groups excluding carboxylic acids is 2. The van der Waals surface area contributed by atoms with Crippen LogP contribution in [0.2, 0.25) is 0 Å². The van der Waals surface area contributed by atoms with Gasteiger partial charge in [-0.05, 0) is 47.9 Å². The Bertz CT molecular complexity index is 1650. The number of piperazine rings is 1. The maximum Gasteiger partial charge on any atom is 0.259 e. The van der Waals surface area contributed by atoms with Crippen molar-refractivity contribution < 1.29 is 9.59 Å². The average Bonchev–Trinajstić information content (AvgIpc) is 3.45. The number of nitrogens with zero attached hydrogens (tertiary/aromatic N) is 5. The van der Waals surface area contributed by atoms with Crippen molar-refractivity contribution in [3.05, 3.63) is 101 Å². The zero-order chi connectivity index (χ0) is 27.5. The standard InChI is InChI=1S/C31H28N6O2S/c1-2-25-19-26-27(33-31(35-29(26)40-25)34-28(38)24-9-6-14-32-20-24)36-15-17-37(18-16-36)30(39)23-12-10-22(11-13-23)21-7-4-3-5-8-21/h3-14,19-20H,2,15-18H2,1H3,(H,33,34,35,38). The van der Waals surface area contributed by atoms with E-state index in [0.717, 1.165) is 33.6 Å². The lowest BCUT2D eigenvalue weighted by Gasteiger charge is -2.35. The van der Waals surface area contributed by atoms with E-state index >= 15 is 0 Å². The van der Waals surface area contributed by atoms with Gasteiger partial charge < -0.3 is 9.80 Å². The number of aryl methyl sites for hydroxylation is 1. The van der Waals surface area contributed by atoms with Crippen molar-refractivity contribution in [2.24, 2.45) is 0 Å². The number of aromatic nitrogens is 3.